The zero-order chi connectivity index (χ0) is 28.9. The van der Waals surface area contributed by atoms with Gasteiger partial charge in [0.15, 0.2) is 5.82 Å². The molecule has 2 heterocycles. The number of nitrogen functional groups attached to an aromatic ring is 1. The van der Waals surface area contributed by atoms with Gasteiger partial charge in [-0.15, -0.1) is 0 Å². The average molecular weight is 541 g/mol. The van der Waals surface area contributed by atoms with E-state index in [9.17, 15) is 4.79 Å². The van der Waals surface area contributed by atoms with E-state index in [1.165, 1.54) is 5.56 Å². The molecule has 0 aliphatic carbocycles. The largest absolute Gasteiger partial charge is 0.382 e. The number of nitrogens with two attached hydrogens (primary N) is 1. The number of anilines is 2. The summed E-state index contributed by atoms with van der Waals surface area (Å²) in [5.41, 5.74) is 12.3. The number of unbranched alkanes of at least 4 members (excludes halogenated alkanes) is 2. The van der Waals surface area contributed by atoms with Crippen molar-refractivity contribution < 1.29 is 4.79 Å². The molecule has 7 heteroatoms. The number of imidazole rings is 1. The fraction of sp³-hybridized carbons (Fsp3) is 0.364. The number of allylic oxidation sites excluding steroid dienone is 2. The molecule has 40 heavy (non-hydrogen) atoms. The van der Waals surface area contributed by atoms with Gasteiger partial charge in [0.25, 0.3) is 0 Å². The highest BCUT2D eigenvalue weighted by atomic mass is 16.1. The van der Waals surface area contributed by atoms with Crippen LogP contribution in [0.1, 0.15) is 56.5 Å². The standard InChI is InChI=1S/C33H44N6O/c1-6-8-15-29-37-31-32(26(7-2)14-10-9-11-23-36-33(31)34)39(29)24-13-12-22-35-30(40)21-16-25(3)27-17-19-28(20-18-27)38(4)5/h9-11,14,16-21,23H,3,6-8,12-13,15,22,24H2,1-2,4-5H3,(H2,34,36)(H,35,40)/b21-16+. The van der Waals surface area contributed by atoms with Crippen molar-refractivity contribution in [3.05, 3.63) is 90.4 Å². The summed E-state index contributed by atoms with van der Waals surface area (Å²) >= 11 is 0. The number of aryl methyl sites for hydroxylation is 3. The molecule has 0 spiro atoms. The Bertz CT molecular complexity index is 1370. The Balaban J connectivity index is 1.66. The summed E-state index contributed by atoms with van der Waals surface area (Å²) in [6.45, 7) is 9.84. The van der Waals surface area contributed by atoms with E-state index >= 15 is 0 Å². The third kappa shape index (κ3) is 8.43. The molecule has 0 radical (unpaired) electrons. The van der Waals surface area contributed by atoms with Crippen LogP contribution in [0.3, 0.4) is 0 Å². The normalized spacial score (nSPS) is 11.0. The number of nitrogens with one attached hydrogen (secondary N) is 1. The van der Waals surface area contributed by atoms with Gasteiger partial charge in [-0.3, -0.25) is 4.79 Å². The first-order chi connectivity index (χ1) is 19.3. The van der Waals surface area contributed by atoms with Crippen LogP contribution in [-0.2, 0) is 24.2 Å². The zero-order valence-corrected chi connectivity index (χ0v) is 24.5. The molecular weight excluding hydrogens is 496 g/mol. The minimum atomic E-state index is -0.116. The smallest absolute Gasteiger partial charge is 0.243 e. The van der Waals surface area contributed by atoms with Crippen molar-refractivity contribution in [3.8, 4) is 0 Å². The molecule has 0 aliphatic rings. The van der Waals surface area contributed by atoms with Gasteiger partial charge in [0.1, 0.15) is 11.3 Å². The molecule has 3 rings (SSSR count). The Morgan fingerprint density at radius 1 is 1.05 bits per heavy atom. The number of hydrogen-bond acceptors (Lipinski definition) is 5. The first-order valence-corrected chi connectivity index (χ1v) is 14.2. The first kappa shape index (κ1) is 30.4. The average Bonchev–Trinajstić information content (AvgIpc) is 3.32. The lowest BCUT2D eigenvalue weighted by molar-refractivity contribution is -0.116. The molecule has 1 aromatic carbocycles. The highest BCUT2D eigenvalue weighted by Gasteiger charge is 2.14. The molecule has 0 bridgehead atoms. The van der Waals surface area contributed by atoms with Crippen LogP contribution in [0.4, 0.5) is 11.5 Å². The topological polar surface area (TPSA) is 89.1 Å². The van der Waals surface area contributed by atoms with Gasteiger partial charge in [0.05, 0.1) is 5.52 Å². The summed E-state index contributed by atoms with van der Waals surface area (Å²) in [5, 5.41) is 3.00. The van der Waals surface area contributed by atoms with E-state index in [0.29, 0.717) is 12.4 Å². The Hall–Kier alpha value is -4.13. The van der Waals surface area contributed by atoms with Gasteiger partial charge in [0.2, 0.25) is 5.91 Å². The van der Waals surface area contributed by atoms with Crippen LogP contribution in [0.15, 0.2) is 73.5 Å². The molecular formula is C33H44N6O. The van der Waals surface area contributed by atoms with Crippen molar-refractivity contribution in [3.63, 3.8) is 0 Å². The van der Waals surface area contributed by atoms with E-state index in [0.717, 1.165) is 78.8 Å². The fourth-order valence-corrected chi connectivity index (χ4v) is 4.52. The monoisotopic (exact) mass is 540 g/mol. The van der Waals surface area contributed by atoms with Crippen molar-refractivity contribution >= 4 is 34.0 Å². The first-order valence-electron chi connectivity index (χ1n) is 14.2. The highest BCUT2D eigenvalue weighted by Crippen LogP contribution is 2.24. The van der Waals surface area contributed by atoms with Crippen molar-refractivity contribution in [1.82, 2.24) is 19.9 Å². The Morgan fingerprint density at radius 3 is 2.52 bits per heavy atom. The van der Waals surface area contributed by atoms with Gasteiger partial charge < -0.3 is 20.5 Å². The molecule has 0 fully saturated rings. The third-order valence-corrected chi connectivity index (χ3v) is 6.85. The number of carbonyl (C=O) groups excluding carboxylic acids is 1. The van der Waals surface area contributed by atoms with Gasteiger partial charge in [0, 0.05) is 51.6 Å². The van der Waals surface area contributed by atoms with Crippen LogP contribution < -0.4 is 16.0 Å². The SMILES string of the molecule is C=C(/C=C/C(=O)NCCCCn1c(CCCC)nc2c(N)ncccccc(CC)c21)c1ccc(N(C)C)cc1. The Morgan fingerprint density at radius 2 is 1.82 bits per heavy atom. The second-order valence-corrected chi connectivity index (χ2v) is 10.1. The summed E-state index contributed by atoms with van der Waals surface area (Å²) < 4.78 is 2.31. The van der Waals surface area contributed by atoms with Crippen molar-refractivity contribution in [1.29, 1.82) is 0 Å². The quantitative estimate of drug-likeness (QED) is 0.151. The fourth-order valence-electron chi connectivity index (χ4n) is 4.52. The van der Waals surface area contributed by atoms with Gasteiger partial charge in [-0.1, -0.05) is 57.2 Å². The molecule has 0 aliphatic heterocycles. The van der Waals surface area contributed by atoms with E-state index in [1.807, 2.05) is 61.5 Å². The Kier molecular flexibility index (Phi) is 11.8. The second-order valence-electron chi connectivity index (χ2n) is 10.1. The van der Waals surface area contributed by atoms with Crippen LogP contribution in [0.2, 0.25) is 0 Å². The number of nitrogens with zero attached hydrogens (tertiary/aromatic N) is 4. The number of benzene rings is 1. The number of carbonyl (C=O) groups is 1. The molecule has 2 aromatic heterocycles. The van der Waals surface area contributed by atoms with Crippen LogP contribution >= 0.6 is 0 Å². The number of amides is 1. The van der Waals surface area contributed by atoms with Crippen molar-refractivity contribution in [2.45, 2.75) is 58.9 Å². The predicted molar refractivity (Wildman–Crippen MR) is 169 cm³/mol. The van der Waals surface area contributed by atoms with Gasteiger partial charge in [-0.25, -0.2) is 9.97 Å². The van der Waals surface area contributed by atoms with Crippen LogP contribution in [0.25, 0.3) is 16.6 Å². The Labute approximate surface area is 239 Å². The van der Waals surface area contributed by atoms with E-state index in [2.05, 4.69) is 41.4 Å². The van der Waals surface area contributed by atoms with Gasteiger partial charge >= 0.3 is 0 Å². The van der Waals surface area contributed by atoms with E-state index in [1.54, 1.807) is 18.3 Å². The lowest BCUT2D eigenvalue weighted by atomic mass is 10.1. The maximum Gasteiger partial charge on any atom is 0.243 e. The lowest BCUT2D eigenvalue weighted by Crippen LogP contribution is -2.22. The van der Waals surface area contributed by atoms with Crippen LogP contribution in [-0.4, -0.2) is 41.1 Å². The lowest BCUT2D eigenvalue weighted by Gasteiger charge is -2.12. The number of hydrogen-bond donors (Lipinski definition) is 2. The third-order valence-electron chi connectivity index (χ3n) is 6.85. The van der Waals surface area contributed by atoms with E-state index < -0.39 is 0 Å². The molecule has 1 amide bonds. The van der Waals surface area contributed by atoms with Crippen LogP contribution in [0, 0.1) is 0 Å². The molecule has 7 nitrogen and oxygen atoms in total. The maximum absolute atomic E-state index is 12.4. The van der Waals surface area contributed by atoms with Crippen molar-refractivity contribution in [2.75, 3.05) is 31.3 Å². The van der Waals surface area contributed by atoms with Gasteiger partial charge in [-0.05, 0) is 66.7 Å². The molecule has 0 atom stereocenters. The molecule has 3 N–H and O–H groups in total. The number of aromatic nitrogens is 3. The summed E-state index contributed by atoms with van der Waals surface area (Å²) in [4.78, 5) is 23.9. The zero-order valence-electron chi connectivity index (χ0n) is 24.5. The molecule has 212 valence electrons. The number of rotatable bonds is 13. The molecule has 0 saturated carbocycles. The minimum absolute atomic E-state index is 0.116. The highest BCUT2D eigenvalue weighted by molar-refractivity contribution is 5.91. The van der Waals surface area contributed by atoms with E-state index in [-0.39, 0.29) is 5.91 Å². The summed E-state index contributed by atoms with van der Waals surface area (Å²) in [6.07, 6.45) is 10.7. The molecule has 3 aromatic rings. The summed E-state index contributed by atoms with van der Waals surface area (Å²) in [5.74, 6) is 1.36. The number of fused-ring (bicyclic) bond motifs is 1. The van der Waals surface area contributed by atoms with E-state index in [4.69, 9.17) is 10.7 Å². The van der Waals surface area contributed by atoms with Crippen molar-refractivity contribution in [2.24, 2.45) is 0 Å². The molecule has 0 saturated heterocycles. The summed E-state index contributed by atoms with van der Waals surface area (Å²) in [7, 11) is 4.01. The van der Waals surface area contributed by atoms with Crippen LogP contribution in [0.5, 0.6) is 0 Å². The minimum Gasteiger partial charge on any atom is -0.382 e. The predicted octanol–water partition coefficient (Wildman–Crippen LogP) is 6.27. The van der Waals surface area contributed by atoms with Gasteiger partial charge in [-0.2, -0.15) is 0 Å². The summed E-state index contributed by atoms with van der Waals surface area (Å²) in [6, 6.07) is 16.1. The molecule has 0 unspecified atom stereocenters. The maximum atomic E-state index is 12.4. The second kappa shape index (κ2) is 15.5.